The number of benzene rings is 2. The molecule has 0 N–H and O–H groups in total. The number of rotatable bonds is 8. The van der Waals surface area contributed by atoms with Gasteiger partial charge in [0.1, 0.15) is 18.5 Å². The van der Waals surface area contributed by atoms with Crippen LogP contribution in [0.3, 0.4) is 0 Å². The summed E-state index contributed by atoms with van der Waals surface area (Å²) in [6.45, 7) is 5.35. The van der Waals surface area contributed by atoms with Gasteiger partial charge >= 0.3 is 0 Å². The summed E-state index contributed by atoms with van der Waals surface area (Å²) in [5, 5.41) is 0. The van der Waals surface area contributed by atoms with E-state index in [4.69, 9.17) is 9.47 Å². The average Bonchev–Trinajstić information content (AvgIpc) is 2.75. The first-order chi connectivity index (χ1) is 14.2. The van der Waals surface area contributed by atoms with E-state index in [1.807, 2.05) is 38.1 Å². The summed E-state index contributed by atoms with van der Waals surface area (Å²) in [6.07, 6.45) is 8.49. The fourth-order valence-corrected chi connectivity index (χ4v) is 3.00. The van der Waals surface area contributed by atoms with E-state index in [0.29, 0.717) is 13.2 Å². The highest BCUT2D eigenvalue weighted by Crippen LogP contribution is 2.15. The van der Waals surface area contributed by atoms with Crippen LogP contribution >= 0.6 is 0 Å². The van der Waals surface area contributed by atoms with E-state index in [1.54, 1.807) is 0 Å². The van der Waals surface area contributed by atoms with E-state index in [1.165, 1.54) is 0 Å². The zero-order chi connectivity index (χ0) is 20.5. The second-order valence-electron chi connectivity index (χ2n) is 6.61. The lowest BCUT2D eigenvalue weighted by Crippen LogP contribution is -2.35. The van der Waals surface area contributed by atoms with Crippen molar-refractivity contribution in [3.8, 4) is 11.5 Å². The zero-order valence-electron chi connectivity index (χ0n) is 17.3. The maximum atomic E-state index is 5.50. The van der Waals surface area contributed by atoms with Gasteiger partial charge in [-0.05, 0) is 67.5 Å². The molecule has 1 heterocycles. The molecule has 0 saturated carbocycles. The van der Waals surface area contributed by atoms with Crippen molar-refractivity contribution in [1.29, 1.82) is 0 Å². The first-order valence-corrected chi connectivity index (χ1v) is 10.0. The van der Waals surface area contributed by atoms with Crippen molar-refractivity contribution >= 4 is 24.3 Å². The average molecular weight is 387 g/mol. The second-order valence-corrected chi connectivity index (χ2v) is 6.61. The molecule has 3 heteroatoms. The Bertz CT molecular complexity index is 893. The number of hydrogen-bond acceptors (Lipinski definition) is 2. The van der Waals surface area contributed by atoms with Gasteiger partial charge in [-0.15, -0.1) is 0 Å². The van der Waals surface area contributed by atoms with Crippen LogP contribution in [0.15, 0.2) is 66.7 Å². The van der Waals surface area contributed by atoms with E-state index < -0.39 is 0 Å². The lowest BCUT2D eigenvalue weighted by atomic mass is 10.1. The number of nitrogens with zero attached hydrogens (tertiary/aromatic N) is 1. The Balaban J connectivity index is 1.73. The van der Waals surface area contributed by atoms with Crippen LogP contribution in [0.25, 0.3) is 24.3 Å². The number of pyridine rings is 1. The third-order valence-electron chi connectivity index (χ3n) is 4.58. The molecule has 1 aromatic heterocycles. The van der Waals surface area contributed by atoms with Gasteiger partial charge in [0.05, 0.1) is 13.2 Å². The van der Waals surface area contributed by atoms with Crippen molar-refractivity contribution in [1.82, 2.24) is 0 Å². The Morgan fingerprint density at radius 3 is 1.41 bits per heavy atom. The quantitative estimate of drug-likeness (QED) is 0.467. The van der Waals surface area contributed by atoms with Crippen LogP contribution < -0.4 is 14.0 Å². The molecule has 2 aromatic carbocycles. The Hall–Kier alpha value is -3.33. The van der Waals surface area contributed by atoms with Crippen LogP contribution in [0.2, 0.25) is 0 Å². The molecule has 0 atom stereocenters. The lowest BCUT2D eigenvalue weighted by Gasteiger charge is -2.03. The molecular formula is C26H28NO2+. The zero-order valence-corrected chi connectivity index (χ0v) is 17.3. The van der Waals surface area contributed by atoms with Gasteiger partial charge in [-0.1, -0.05) is 24.3 Å². The van der Waals surface area contributed by atoms with Crippen molar-refractivity contribution in [3.63, 3.8) is 0 Å². The minimum absolute atomic E-state index is 0.683. The molecule has 0 amide bonds. The fourth-order valence-electron chi connectivity index (χ4n) is 3.00. The van der Waals surface area contributed by atoms with Gasteiger partial charge in [-0.2, -0.15) is 4.57 Å². The number of hydrogen-bond donors (Lipinski definition) is 0. The minimum Gasteiger partial charge on any atom is -0.494 e. The first kappa shape index (κ1) is 20.4. The van der Waals surface area contributed by atoms with Crippen molar-refractivity contribution in [3.05, 3.63) is 89.2 Å². The van der Waals surface area contributed by atoms with Gasteiger partial charge in [0.2, 0.25) is 11.4 Å². The van der Waals surface area contributed by atoms with E-state index in [9.17, 15) is 0 Å². The maximum Gasteiger partial charge on any atom is 0.205 e. The highest BCUT2D eigenvalue weighted by atomic mass is 16.5. The molecule has 3 rings (SSSR count). The predicted octanol–water partition coefficient (Wildman–Crippen LogP) is 5.65. The molecule has 0 aliphatic rings. The fraction of sp³-hybridized carbons (Fsp3) is 0.192. The number of ether oxygens (including phenoxy) is 2. The normalized spacial score (nSPS) is 11.3. The van der Waals surface area contributed by atoms with Crippen LogP contribution in [-0.4, -0.2) is 13.2 Å². The molecule has 0 aliphatic heterocycles. The highest BCUT2D eigenvalue weighted by Gasteiger charge is 2.07. The molecule has 29 heavy (non-hydrogen) atoms. The maximum absolute atomic E-state index is 5.50. The van der Waals surface area contributed by atoms with Crippen molar-refractivity contribution in [2.75, 3.05) is 13.2 Å². The SMILES string of the molecule is CCOc1ccc(/C=C/c2cccc(/C=C/c3ccc(OCC)cc3)[n+]2C)cc1. The summed E-state index contributed by atoms with van der Waals surface area (Å²) in [5.41, 5.74) is 4.55. The Morgan fingerprint density at radius 2 is 1.03 bits per heavy atom. The van der Waals surface area contributed by atoms with Crippen LogP contribution in [0.4, 0.5) is 0 Å². The lowest BCUT2D eigenvalue weighted by molar-refractivity contribution is -0.675. The topological polar surface area (TPSA) is 22.3 Å². The summed E-state index contributed by atoms with van der Waals surface area (Å²) in [5.74, 6) is 1.80. The molecule has 0 radical (unpaired) electrons. The summed E-state index contributed by atoms with van der Waals surface area (Å²) in [4.78, 5) is 0. The molecule has 3 nitrogen and oxygen atoms in total. The van der Waals surface area contributed by atoms with Crippen molar-refractivity contribution in [2.45, 2.75) is 13.8 Å². The van der Waals surface area contributed by atoms with Gasteiger partial charge in [-0.3, -0.25) is 0 Å². The summed E-state index contributed by atoms with van der Waals surface area (Å²) in [6, 6.07) is 22.6. The van der Waals surface area contributed by atoms with Crippen LogP contribution in [0, 0.1) is 0 Å². The largest absolute Gasteiger partial charge is 0.494 e. The number of aromatic nitrogens is 1. The third kappa shape index (κ3) is 5.82. The molecule has 0 unspecified atom stereocenters. The standard InChI is InChI=1S/C26H28NO2/c1-4-28-25-17-11-21(12-18-25)9-15-23-7-6-8-24(27(23)3)16-10-22-13-19-26(20-14-22)29-5-2/h6-20H,4-5H2,1-3H3/q+1/b15-9+,16-10+. The van der Waals surface area contributed by atoms with Gasteiger partial charge in [0.25, 0.3) is 0 Å². The van der Waals surface area contributed by atoms with Crippen LogP contribution in [-0.2, 0) is 7.05 Å². The van der Waals surface area contributed by atoms with Crippen LogP contribution in [0.5, 0.6) is 11.5 Å². The molecule has 0 bridgehead atoms. The molecule has 0 spiro atoms. The molecule has 148 valence electrons. The molecular weight excluding hydrogens is 358 g/mol. The summed E-state index contributed by atoms with van der Waals surface area (Å²) in [7, 11) is 2.08. The predicted molar refractivity (Wildman–Crippen MR) is 121 cm³/mol. The van der Waals surface area contributed by atoms with Gasteiger partial charge < -0.3 is 9.47 Å². The van der Waals surface area contributed by atoms with Gasteiger partial charge in [0, 0.05) is 24.3 Å². The van der Waals surface area contributed by atoms with Crippen LogP contribution in [0.1, 0.15) is 36.4 Å². The van der Waals surface area contributed by atoms with E-state index in [0.717, 1.165) is 34.0 Å². The first-order valence-electron chi connectivity index (χ1n) is 10.0. The Morgan fingerprint density at radius 1 is 0.621 bits per heavy atom. The smallest absolute Gasteiger partial charge is 0.205 e. The van der Waals surface area contributed by atoms with E-state index in [-0.39, 0.29) is 0 Å². The minimum atomic E-state index is 0.683. The molecule has 0 saturated heterocycles. The van der Waals surface area contributed by atoms with Gasteiger partial charge in [0.15, 0.2) is 0 Å². The van der Waals surface area contributed by atoms with Gasteiger partial charge in [-0.25, -0.2) is 0 Å². The van der Waals surface area contributed by atoms with E-state index in [2.05, 4.69) is 78.4 Å². The second kappa shape index (κ2) is 10.3. The van der Waals surface area contributed by atoms with Crippen molar-refractivity contribution < 1.29 is 14.0 Å². The Kier molecular flexibility index (Phi) is 7.23. The van der Waals surface area contributed by atoms with Crippen molar-refractivity contribution in [2.24, 2.45) is 7.05 Å². The van der Waals surface area contributed by atoms with E-state index >= 15 is 0 Å². The summed E-state index contributed by atoms with van der Waals surface area (Å²) >= 11 is 0. The molecule has 3 aromatic rings. The monoisotopic (exact) mass is 386 g/mol. The molecule has 0 fully saturated rings. The third-order valence-corrected chi connectivity index (χ3v) is 4.58. The highest BCUT2D eigenvalue weighted by molar-refractivity contribution is 5.69. The molecule has 0 aliphatic carbocycles. The Labute approximate surface area is 173 Å². The summed E-state index contributed by atoms with van der Waals surface area (Å²) < 4.78 is 13.2.